The molecule has 4 nitrogen and oxygen atoms in total. The standard InChI is InChI=1S/C13H22N2O2/c1-4-14-11(9(2)3)13(17)15-8-6-5-7-10(15)12(14)16/h9-11H,4-8H2,1-3H3. The number of hydrogen-bond donors (Lipinski definition) is 0. The highest BCUT2D eigenvalue weighted by molar-refractivity contribution is 5.97. The molecule has 2 aliphatic rings. The summed E-state index contributed by atoms with van der Waals surface area (Å²) in [5.74, 6) is 0.505. The van der Waals surface area contributed by atoms with Gasteiger partial charge in [0.25, 0.3) is 0 Å². The molecule has 2 fully saturated rings. The molecule has 0 bridgehead atoms. The molecule has 0 aromatic heterocycles. The Morgan fingerprint density at radius 3 is 2.53 bits per heavy atom. The van der Waals surface area contributed by atoms with Gasteiger partial charge in [0.15, 0.2) is 0 Å². The smallest absolute Gasteiger partial charge is 0.246 e. The molecule has 17 heavy (non-hydrogen) atoms. The molecule has 2 unspecified atom stereocenters. The third-order valence-electron chi connectivity index (χ3n) is 3.91. The summed E-state index contributed by atoms with van der Waals surface area (Å²) in [6.45, 7) is 7.39. The van der Waals surface area contributed by atoms with Crippen molar-refractivity contribution in [2.45, 2.75) is 52.1 Å². The molecule has 2 atom stereocenters. The summed E-state index contributed by atoms with van der Waals surface area (Å²) >= 11 is 0. The second-order valence-electron chi connectivity index (χ2n) is 5.36. The average Bonchev–Trinajstić information content (AvgIpc) is 2.33. The molecule has 2 heterocycles. The van der Waals surface area contributed by atoms with Gasteiger partial charge in [0, 0.05) is 13.1 Å². The first-order chi connectivity index (χ1) is 8.07. The fraction of sp³-hybridized carbons (Fsp3) is 0.846. The lowest BCUT2D eigenvalue weighted by Gasteiger charge is -2.48. The predicted molar refractivity (Wildman–Crippen MR) is 65.4 cm³/mol. The van der Waals surface area contributed by atoms with Crippen molar-refractivity contribution in [3.63, 3.8) is 0 Å². The first-order valence-corrected chi connectivity index (χ1v) is 6.69. The van der Waals surface area contributed by atoms with Crippen LogP contribution in [-0.2, 0) is 9.59 Å². The topological polar surface area (TPSA) is 40.6 Å². The fourth-order valence-corrected chi connectivity index (χ4v) is 3.08. The van der Waals surface area contributed by atoms with Gasteiger partial charge in [0.2, 0.25) is 11.8 Å². The molecule has 0 aromatic rings. The van der Waals surface area contributed by atoms with Crippen molar-refractivity contribution in [2.24, 2.45) is 5.92 Å². The van der Waals surface area contributed by atoms with Gasteiger partial charge in [-0.25, -0.2) is 0 Å². The monoisotopic (exact) mass is 238 g/mol. The summed E-state index contributed by atoms with van der Waals surface area (Å²) in [7, 11) is 0. The Bertz CT molecular complexity index is 327. The maximum absolute atomic E-state index is 12.4. The quantitative estimate of drug-likeness (QED) is 0.726. The van der Waals surface area contributed by atoms with Gasteiger partial charge < -0.3 is 9.80 Å². The van der Waals surface area contributed by atoms with E-state index in [1.165, 1.54) is 0 Å². The second-order valence-corrected chi connectivity index (χ2v) is 5.36. The molecular formula is C13H22N2O2. The average molecular weight is 238 g/mol. The first-order valence-electron chi connectivity index (χ1n) is 6.69. The molecular weight excluding hydrogens is 216 g/mol. The minimum absolute atomic E-state index is 0.158. The van der Waals surface area contributed by atoms with Gasteiger partial charge in [-0.1, -0.05) is 13.8 Å². The highest BCUT2D eigenvalue weighted by Crippen LogP contribution is 2.28. The molecule has 0 saturated carbocycles. The van der Waals surface area contributed by atoms with Crippen molar-refractivity contribution < 1.29 is 9.59 Å². The molecule has 2 amide bonds. The summed E-state index contributed by atoms with van der Waals surface area (Å²) < 4.78 is 0. The molecule has 0 aromatic carbocycles. The van der Waals surface area contributed by atoms with E-state index in [0.29, 0.717) is 6.54 Å². The van der Waals surface area contributed by atoms with Crippen molar-refractivity contribution >= 4 is 11.8 Å². The van der Waals surface area contributed by atoms with Gasteiger partial charge in [0.1, 0.15) is 12.1 Å². The zero-order chi connectivity index (χ0) is 12.6. The number of piperidine rings is 1. The Hall–Kier alpha value is -1.06. The lowest BCUT2D eigenvalue weighted by molar-refractivity contribution is -0.165. The van der Waals surface area contributed by atoms with Crippen LogP contribution in [-0.4, -0.2) is 46.8 Å². The summed E-state index contributed by atoms with van der Waals surface area (Å²) in [5.41, 5.74) is 0. The zero-order valence-electron chi connectivity index (χ0n) is 11.0. The molecule has 0 radical (unpaired) electrons. The van der Waals surface area contributed by atoms with E-state index in [1.54, 1.807) is 4.90 Å². The summed E-state index contributed by atoms with van der Waals surface area (Å²) in [4.78, 5) is 28.4. The number of amides is 2. The maximum atomic E-state index is 12.4. The molecule has 0 aliphatic carbocycles. The third-order valence-corrected chi connectivity index (χ3v) is 3.91. The lowest BCUT2D eigenvalue weighted by Crippen LogP contribution is -2.66. The van der Waals surface area contributed by atoms with Crippen LogP contribution in [0.2, 0.25) is 0 Å². The SMILES string of the molecule is CCN1C(=O)C2CCCCN2C(=O)C1C(C)C. The van der Waals surface area contributed by atoms with Gasteiger partial charge in [-0.15, -0.1) is 0 Å². The van der Waals surface area contributed by atoms with E-state index in [1.807, 2.05) is 25.7 Å². The van der Waals surface area contributed by atoms with Crippen LogP contribution in [0.15, 0.2) is 0 Å². The van der Waals surface area contributed by atoms with Crippen molar-refractivity contribution in [3.8, 4) is 0 Å². The van der Waals surface area contributed by atoms with E-state index in [2.05, 4.69) is 0 Å². The molecule has 0 N–H and O–H groups in total. The zero-order valence-corrected chi connectivity index (χ0v) is 11.0. The summed E-state index contributed by atoms with van der Waals surface area (Å²) in [6.07, 6.45) is 2.93. The molecule has 2 saturated heterocycles. The number of carbonyl (C=O) groups excluding carboxylic acids is 2. The lowest BCUT2D eigenvalue weighted by atomic mass is 9.91. The largest absolute Gasteiger partial charge is 0.329 e. The number of hydrogen-bond acceptors (Lipinski definition) is 2. The van der Waals surface area contributed by atoms with E-state index in [0.717, 1.165) is 25.8 Å². The van der Waals surface area contributed by atoms with Crippen molar-refractivity contribution in [1.29, 1.82) is 0 Å². The van der Waals surface area contributed by atoms with E-state index in [-0.39, 0.29) is 29.8 Å². The minimum Gasteiger partial charge on any atom is -0.329 e. The third kappa shape index (κ3) is 1.94. The molecule has 2 rings (SSSR count). The first kappa shape index (κ1) is 12.4. The normalized spacial score (nSPS) is 29.9. The van der Waals surface area contributed by atoms with E-state index in [9.17, 15) is 9.59 Å². The molecule has 96 valence electrons. The van der Waals surface area contributed by atoms with Crippen LogP contribution in [0.25, 0.3) is 0 Å². The number of nitrogens with zero attached hydrogens (tertiary/aromatic N) is 2. The predicted octanol–water partition coefficient (Wildman–Crippen LogP) is 1.25. The van der Waals surface area contributed by atoms with Gasteiger partial charge >= 0.3 is 0 Å². The highest BCUT2D eigenvalue weighted by atomic mass is 16.2. The van der Waals surface area contributed by atoms with E-state index < -0.39 is 0 Å². The van der Waals surface area contributed by atoms with Crippen molar-refractivity contribution in [1.82, 2.24) is 9.80 Å². The van der Waals surface area contributed by atoms with Crippen LogP contribution in [0.3, 0.4) is 0 Å². The Labute approximate surface area is 103 Å². The van der Waals surface area contributed by atoms with Gasteiger partial charge in [-0.05, 0) is 32.1 Å². The molecule has 4 heteroatoms. The van der Waals surface area contributed by atoms with Gasteiger partial charge in [-0.2, -0.15) is 0 Å². The van der Waals surface area contributed by atoms with Crippen LogP contribution in [0.4, 0.5) is 0 Å². The van der Waals surface area contributed by atoms with Crippen LogP contribution >= 0.6 is 0 Å². The van der Waals surface area contributed by atoms with Crippen LogP contribution < -0.4 is 0 Å². The van der Waals surface area contributed by atoms with Crippen LogP contribution in [0.5, 0.6) is 0 Å². The van der Waals surface area contributed by atoms with Crippen molar-refractivity contribution in [3.05, 3.63) is 0 Å². The highest BCUT2D eigenvalue weighted by Gasteiger charge is 2.46. The molecule has 2 aliphatic heterocycles. The Morgan fingerprint density at radius 2 is 1.94 bits per heavy atom. The maximum Gasteiger partial charge on any atom is 0.246 e. The Kier molecular flexibility index (Phi) is 3.40. The van der Waals surface area contributed by atoms with Crippen LogP contribution in [0, 0.1) is 5.92 Å². The van der Waals surface area contributed by atoms with E-state index in [4.69, 9.17) is 0 Å². The van der Waals surface area contributed by atoms with Gasteiger partial charge in [-0.3, -0.25) is 9.59 Å². The minimum atomic E-state index is -0.248. The van der Waals surface area contributed by atoms with Crippen molar-refractivity contribution in [2.75, 3.05) is 13.1 Å². The number of rotatable bonds is 2. The van der Waals surface area contributed by atoms with E-state index >= 15 is 0 Å². The fourth-order valence-electron chi connectivity index (χ4n) is 3.08. The number of carbonyl (C=O) groups is 2. The summed E-state index contributed by atoms with van der Waals surface area (Å²) in [5, 5.41) is 0. The molecule has 0 spiro atoms. The van der Waals surface area contributed by atoms with Gasteiger partial charge in [0.05, 0.1) is 0 Å². The summed E-state index contributed by atoms with van der Waals surface area (Å²) in [6, 6.07) is -0.423. The van der Waals surface area contributed by atoms with Crippen LogP contribution in [0.1, 0.15) is 40.0 Å². The Balaban J connectivity index is 2.30. The number of piperazine rings is 1. The second kappa shape index (κ2) is 4.67. The Morgan fingerprint density at radius 1 is 1.24 bits per heavy atom. The number of likely N-dealkylation sites (N-methyl/N-ethyl adjacent to an activating group) is 1. The number of fused-ring (bicyclic) bond motifs is 1.